The molecular weight excluding hydrogens is 204 g/mol. The van der Waals surface area contributed by atoms with Crippen molar-refractivity contribution in [3.63, 3.8) is 0 Å². The highest BCUT2D eigenvalue weighted by Crippen LogP contribution is 2.29. The Morgan fingerprint density at radius 1 is 1.33 bits per heavy atom. The van der Waals surface area contributed by atoms with E-state index in [-0.39, 0.29) is 17.2 Å². The Labute approximate surface area is 84.7 Å². The number of hydrogen-bond donors (Lipinski definition) is 2. The Morgan fingerprint density at radius 2 is 2.00 bits per heavy atom. The van der Waals surface area contributed by atoms with Crippen molar-refractivity contribution in [2.45, 2.75) is 0 Å². The largest absolute Gasteiger partial charge is 0.504 e. The summed E-state index contributed by atoms with van der Waals surface area (Å²) in [6, 6.07) is 3.68. The number of carboxylic acid groups (broad SMARTS) is 1. The first kappa shape index (κ1) is 10.8. The molecule has 0 unspecified atom stereocenters. The molecule has 0 aliphatic carbocycles. The molecule has 1 aromatic carbocycles. The molecule has 0 radical (unpaired) electrons. The van der Waals surface area contributed by atoms with Crippen LogP contribution in [0.2, 0.25) is 0 Å². The Morgan fingerprint density at radius 3 is 2.53 bits per heavy atom. The zero-order valence-electron chi connectivity index (χ0n) is 7.76. The fourth-order valence-corrected chi connectivity index (χ4v) is 0.872. The van der Waals surface area contributed by atoms with E-state index in [0.29, 0.717) is 0 Å². The second-order valence-corrected chi connectivity index (χ2v) is 2.53. The standard InChI is InChI=1S/C9H8O6/c1-14-7-4-5(2-3-6(7)10)15-9(13)8(11)12/h2-4,10H,1H3,(H,11,12). The molecule has 0 fully saturated rings. The van der Waals surface area contributed by atoms with Gasteiger partial charge in [0.2, 0.25) is 0 Å². The fourth-order valence-electron chi connectivity index (χ4n) is 0.872. The first-order valence-corrected chi connectivity index (χ1v) is 3.86. The second-order valence-electron chi connectivity index (χ2n) is 2.53. The molecule has 80 valence electrons. The number of aliphatic carboxylic acids is 1. The van der Waals surface area contributed by atoms with Gasteiger partial charge in [-0.3, -0.25) is 0 Å². The lowest BCUT2D eigenvalue weighted by Gasteiger charge is -2.05. The summed E-state index contributed by atoms with van der Waals surface area (Å²) >= 11 is 0. The summed E-state index contributed by atoms with van der Waals surface area (Å²) in [6.07, 6.45) is 0. The maximum atomic E-state index is 10.7. The van der Waals surface area contributed by atoms with E-state index in [1.165, 1.54) is 25.3 Å². The van der Waals surface area contributed by atoms with Gasteiger partial charge in [-0.05, 0) is 12.1 Å². The average molecular weight is 212 g/mol. The molecule has 0 amide bonds. The highest BCUT2D eigenvalue weighted by atomic mass is 16.6. The first-order valence-electron chi connectivity index (χ1n) is 3.86. The SMILES string of the molecule is COc1cc(OC(=O)C(=O)O)ccc1O. The number of aromatic hydroxyl groups is 1. The van der Waals surface area contributed by atoms with Gasteiger partial charge in [-0.1, -0.05) is 0 Å². The molecule has 0 saturated heterocycles. The van der Waals surface area contributed by atoms with E-state index in [2.05, 4.69) is 4.74 Å². The molecule has 0 spiro atoms. The zero-order chi connectivity index (χ0) is 11.4. The highest BCUT2D eigenvalue weighted by Gasteiger charge is 2.15. The fraction of sp³-hybridized carbons (Fsp3) is 0.111. The van der Waals surface area contributed by atoms with Gasteiger partial charge in [0, 0.05) is 6.07 Å². The molecule has 0 aliphatic rings. The lowest BCUT2D eigenvalue weighted by molar-refractivity contribution is -0.158. The van der Waals surface area contributed by atoms with Gasteiger partial charge in [-0.25, -0.2) is 9.59 Å². The van der Waals surface area contributed by atoms with Gasteiger partial charge < -0.3 is 19.7 Å². The number of carbonyl (C=O) groups is 2. The third-order valence-electron chi connectivity index (χ3n) is 1.54. The number of phenols is 1. The van der Waals surface area contributed by atoms with Gasteiger partial charge in [0.25, 0.3) is 0 Å². The van der Waals surface area contributed by atoms with E-state index in [4.69, 9.17) is 9.84 Å². The Hall–Kier alpha value is -2.24. The van der Waals surface area contributed by atoms with Crippen molar-refractivity contribution in [3.8, 4) is 17.2 Å². The van der Waals surface area contributed by atoms with Gasteiger partial charge in [0.15, 0.2) is 11.5 Å². The Bertz CT molecular complexity index is 398. The molecule has 1 rings (SSSR count). The van der Waals surface area contributed by atoms with Crippen LogP contribution in [0.3, 0.4) is 0 Å². The number of hydrogen-bond acceptors (Lipinski definition) is 5. The predicted octanol–water partition coefficient (Wildman–Crippen LogP) is 0.391. The van der Waals surface area contributed by atoms with Crippen molar-refractivity contribution in [3.05, 3.63) is 18.2 Å². The molecule has 2 N–H and O–H groups in total. The lowest BCUT2D eigenvalue weighted by Crippen LogP contribution is -2.19. The number of phenolic OH excluding ortho intramolecular Hbond substituents is 1. The molecule has 0 heterocycles. The van der Waals surface area contributed by atoms with Crippen molar-refractivity contribution in [1.29, 1.82) is 0 Å². The van der Waals surface area contributed by atoms with E-state index in [9.17, 15) is 14.7 Å². The average Bonchev–Trinajstić information content (AvgIpc) is 2.20. The second kappa shape index (κ2) is 4.32. The predicted molar refractivity (Wildman–Crippen MR) is 47.9 cm³/mol. The van der Waals surface area contributed by atoms with Crippen LogP contribution in [0.25, 0.3) is 0 Å². The van der Waals surface area contributed by atoms with Crippen molar-refractivity contribution in [2.24, 2.45) is 0 Å². The smallest absolute Gasteiger partial charge is 0.422 e. The van der Waals surface area contributed by atoms with Crippen LogP contribution >= 0.6 is 0 Å². The van der Waals surface area contributed by atoms with Crippen LogP contribution < -0.4 is 9.47 Å². The number of esters is 1. The summed E-state index contributed by atoms with van der Waals surface area (Å²) in [5.74, 6) is -3.15. The molecule has 15 heavy (non-hydrogen) atoms. The third kappa shape index (κ3) is 2.60. The van der Waals surface area contributed by atoms with Crippen molar-refractivity contribution in [2.75, 3.05) is 7.11 Å². The van der Waals surface area contributed by atoms with Crippen LogP contribution in [0, 0.1) is 0 Å². The number of methoxy groups -OCH3 is 1. The van der Waals surface area contributed by atoms with Crippen LogP contribution in [0.1, 0.15) is 0 Å². The van der Waals surface area contributed by atoms with Crippen molar-refractivity contribution in [1.82, 2.24) is 0 Å². The summed E-state index contributed by atoms with van der Waals surface area (Å²) in [5.41, 5.74) is 0. The Balaban J connectivity index is 2.87. The molecule has 0 bridgehead atoms. The maximum absolute atomic E-state index is 10.7. The van der Waals surface area contributed by atoms with E-state index in [1.807, 2.05) is 0 Å². The number of rotatable bonds is 2. The topological polar surface area (TPSA) is 93.1 Å². The quantitative estimate of drug-likeness (QED) is 0.418. The summed E-state index contributed by atoms with van der Waals surface area (Å²) in [7, 11) is 1.32. The third-order valence-corrected chi connectivity index (χ3v) is 1.54. The normalized spacial score (nSPS) is 9.40. The maximum Gasteiger partial charge on any atom is 0.422 e. The monoisotopic (exact) mass is 212 g/mol. The van der Waals surface area contributed by atoms with Gasteiger partial charge in [0.05, 0.1) is 7.11 Å². The lowest BCUT2D eigenvalue weighted by atomic mass is 10.3. The summed E-state index contributed by atoms with van der Waals surface area (Å²) < 4.78 is 9.18. The van der Waals surface area contributed by atoms with Gasteiger partial charge in [-0.2, -0.15) is 0 Å². The van der Waals surface area contributed by atoms with Gasteiger partial charge in [0.1, 0.15) is 5.75 Å². The van der Waals surface area contributed by atoms with Crippen molar-refractivity contribution < 1.29 is 29.3 Å². The van der Waals surface area contributed by atoms with Gasteiger partial charge in [-0.15, -0.1) is 0 Å². The molecule has 0 aliphatic heterocycles. The van der Waals surface area contributed by atoms with Crippen LogP contribution in [-0.4, -0.2) is 29.3 Å². The summed E-state index contributed by atoms with van der Waals surface area (Å²) in [5, 5.41) is 17.5. The van der Waals surface area contributed by atoms with E-state index >= 15 is 0 Å². The molecule has 0 atom stereocenters. The highest BCUT2D eigenvalue weighted by molar-refractivity contribution is 6.29. The first-order chi connectivity index (χ1) is 7.04. The van der Waals surface area contributed by atoms with Crippen LogP contribution in [0.4, 0.5) is 0 Å². The van der Waals surface area contributed by atoms with Crippen LogP contribution in [0.15, 0.2) is 18.2 Å². The number of ether oxygens (including phenoxy) is 2. The molecule has 1 aromatic rings. The van der Waals surface area contributed by atoms with E-state index in [1.54, 1.807) is 0 Å². The number of benzene rings is 1. The summed E-state index contributed by atoms with van der Waals surface area (Å²) in [6.45, 7) is 0. The molecular formula is C9H8O6. The zero-order valence-corrected chi connectivity index (χ0v) is 7.76. The van der Waals surface area contributed by atoms with E-state index in [0.717, 1.165) is 0 Å². The Kier molecular flexibility index (Phi) is 3.12. The van der Waals surface area contributed by atoms with E-state index < -0.39 is 11.9 Å². The van der Waals surface area contributed by atoms with Crippen LogP contribution in [0.5, 0.6) is 17.2 Å². The number of carbonyl (C=O) groups excluding carboxylic acids is 1. The summed E-state index contributed by atoms with van der Waals surface area (Å²) in [4.78, 5) is 20.8. The van der Waals surface area contributed by atoms with Gasteiger partial charge >= 0.3 is 11.9 Å². The minimum atomic E-state index is -1.69. The minimum absolute atomic E-state index is 0.0166. The minimum Gasteiger partial charge on any atom is -0.504 e. The van der Waals surface area contributed by atoms with Crippen LogP contribution in [-0.2, 0) is 9.59 Å². The molecule has 0 aromatic heterocycles. The molecule has 6 nitrogen and oxygen atoms in total. The molecule has 0 saturated carbocycles. The van der Waals surface area contributed by atoms with Crippen molar-refractivity contribution >= 4 is 11.9 Å². The molecule has 6 heteroatoms. The number of carboxylic acids is 1.